The maximum Gasteiger partial charge on any atom is 0.373 e. The Bertz CT molecular complexity index is 135. The summed E-state index contributed by atoms with van der Waals surface area (Å²) in [6.45, 7) is 0.707. The van der Waals surface area contributed by atoms with Crippen molar-refractivity contribution in [3.63, 3.8) is 0 Å². The zero-order valence-corrected chi connectivity index (χ0v) is 5.46. The molecule has 0 aliphatic rings. The Morgan fingerprint density at radius 2 is 2.10 bits per heavy atom. The van der Waals surface area contributed by atoms with Crippen molar-refractivity contribution in [3.8, 4) is 0 Å². The van der Waals surface area contributed by atoms with Crippen molar-refractivity contribution in [1.29, 1.82) is 0 Å². The predicted octanol–water partition coefficient (Wildman–Crippen LogP) is -1.81. The van der Waals surface area contributed by atoms with Gasteiger partial charge < -0.3 is 16.2 Å². The maximum absolute atomic E-state index is 10.3. The molecule has 0 aromatic carbocycles. The van der Waals surface area contributed by atoms with Crippen LogP contribution in [0.25, 0.3) is 0 Å². The summed E-state index contributed by atoms with van der Waals surface area (Å²) in [5.74, 6) is -2.25. The van der Waals surface area contributed by atoms with Crippen molar-refractivity contribution in [2.45, 2.75) is 0 Å². The van der Waals surface area contributed by atoms with Crippen molar-refractivity contribution >= 4 is 11.8 Å². The van der Waals surface area contributed by atoms with Crippen LogP contribution in [0, 0.1) is 0 Å². The summed E-state index contributed by atoms with van der Waals surface area (Å²) in [6, 6.07) is 0. The molecule has 0 bridgehead atoms. The summed E-state index contributed by atoms with van der Waals surface area (Å²) in [4.78, 5) is 20.2. The zero-order chi connectivity index (χ0) is 7.98. The number of Topliss-reactive ketones (excluding diaryl/α,β-unsaturated/α-hetero) is 1. The molecule has 0 aromatic heterocycles. The van der Waals surface area contributed by atoms with E-state index in [0.29, 0.717) is 13.1 Å². The molecule has 0 unspecified atom stereocenters. The van der Waals surface area contributed by atoms with Crippen LogP contribution in [-0.2, 0) is 9.59 Å². The Morgan fingerprint density at radius 1 is 1.50 bits per heavy atom. The van der Waals surface area contributed by atoms with Crippen molar-refractivity contribution in [2.75, 3.05) is 19.6 Å². The summed E-state index contributed by atoms with van der Waals surface area (Å²) in [7, 11) is 0. The van der Waals surface area contributed by atoms with Gasteiger partial charge in [-0.15, -0.1) is 0 Å². The van der Waals surface area contributed by atoms with E-state index in [1.165, 1.54) is 0 Å². The molecule has 0 aliphatic carbocycles. The molecule has 10 heavy (non-hydrogen) atoms. The lowest BCUT2D eigenvalue weighted by molar-refractivity contribution is -0.148. The Kier molecular flexibility index (Phi) is 4.43. The van der Waals surface area contributed by atoms with Crippen LogP contribution in [0.15, 0.2) is 0 Å². The third kappa shape index (κ3) is 3.99. The molecule has 0 fully saturated rings. The second-order valence-corrected chi connectivity index (χ2v) is 1.69. The molecule has 0 saturated heterocycles. The van der Waals surface area contributed by atoms with Crippen LogP contribution in [0.3, 0.4) is 0 Å². The molecule has 0 radical (unpaired) electrons. The van der Waals surface area contributed by atoms with Crippen LogP contribution in [-0.4, -0.2) is 36.5 Å². The number of ketones is 1. The average molecular weight is 146 g/mol. The van der Waals surface area contributed by atoms with E-state index in [2.05, 4.69) is 5.32 Å². The second-order valence-electron chi connectivity index (χ2n) is 1.69. The van der Waals surface area contributed by atoms with Gasteiger partial charge in [-0.05, 0) is 0 Å². The number of carbonyl (C=O) groups is 2. The molecule has 5 nitrogen and oxygen atoms in total. The summed E-state index contributed by atoms with van der Waals surface area (Å²) in [6.07, 6.45) is 0. The fourth-order valence-electron chi connectivity index (χ4n) is 0.380. The summed E-state index contributed by atoms with van der Waals surface area (Å²) in [5, 5.41) is 10.6. The quantitative estimate of drug-likeness (QED) is 0.314. The normalized spacial score (nSPS) is 9.30. The van der Waals surface area contributed by atoms with Gasteiger partial charge in [-0.3, -0.25) is 4.79 Å². The standard InChI is InChI=1S/C5H10N2O3/c6-1-2-7-3-4(8)5(9)10/h7H,1-3,6H2,(H,9,10). The highest BCUT2D eigenvalue weighted by Gasteiger charge is 2.08. The number of nitrogens with one attached hydrogen (secondary N) is 1. The number of carboxylic acids is 1. The summed E-state index contributed by atoms with van der Waals surface area (Å²) in [5.41, 5.74) is 5.07. The fourth-order valence-corrected chi connectivity index (χ4v) is 0.380. The van der Waals surface area contributed by atoms with Gasteiger partial charge in [0.2, 0.25) is 0 Å². The fraction of sp³-hybridized carbons (Fsp3) is 0.600. The molecule has 0 heterocycles. The van der Waals surface area contributed by atoms with Crippen LogP contribution >= 0.6 is 0 Å². The molecular weight excluding hydrogens is 136 g/mol. The molecule has 0 saturated carbocycles. The van der Waals surface area contributed by atoms with Gasteiger partial charge in [-0.25, -0.2) is 4.79 Å². The Balaban J connectivity index is 3.31. The highest BCUT2D eigenvalue weighted by atomic mass is 16.4. The molecule has 0 atom stereocenters. The number of carboxylic acid groups (broad SMARTS) is 1. The minimum absolute atomic E-state index is 0.146. The maximum atomic E-state index is 10.3. The molecule has 58 valence electrons. The lowest BCUT2D eigenvalue weighted by Gasteiger charge is -1.96. The highest BCUT2D eigenvalue weighted by molar-refractivity contribution is 6.33. The predicted molar refractivity (Wildman–Crippen MR) is 34.6 cm³/mol. The van der Waals surface area contributed by atoms with E-state index in [1.807, 2.05) is 0 Å². The Labute approximate surface area is 58.2 Å². The number of carbonyl (C=O) groups excluding carboxylic acids is 1. The molecule has 0 aliphatic heterocycles. The van der Waals surface area contributed by atoms with Crippen molar-refractivity contribution < 1.29 is 14.7 Å². The number of hydrogen-bond donors (Lipinski definition) is 3. The first-order valence-electron chi connectivity index (χ1n) is 2.85. The van der Waals surface area contributed by atoms with Gasteiger partial charge in [0.25, 0.3) is 5.78 Å². The topological polar surface area (TPSA) is 92.4 Å². The van der Waals surface area contributed by atoms with Gasteiger partial charge in [0.1, 0.15) is 0 Å². The van der Waals surface area contributed by atoms with E-state index in [0.717, 1.165) is 0 Å². The second kappa shape index (κ2) is 4.89. The van der Waals surface area contributed by atoms with Crippen LogP contribution in [0.5, 0.6) is 0 Å². The van der Waals surface area contributed by atoms with Gasteiger partial charge in [0, 0.05) is 13.1 Å². The molecule has 0 amide bonds. The summed E-state index contributed by atoms with van der Waals surface area (Å²) < 4.78 is 0. The molecule has 0 spiro atoms. The minimum Gasteiger partial charge on any atom is -0.475 e. The van der Waals surface area contributed by atoms with Crippen molar-refractivity contribution in [2.24, 2.45) is 5.73 Å². The first-order valence-corrected chi connectivity index (χ1v) is 2.85. The molecule has 0 aromatic rings. The lowest BCUT2D eigenvalue weighted by Crippen LogP contribution is -2.31. The van der Waals surface area contributed by atoms with Gasteiger partial charge in [-0.2, -0.15) is 0 Å². The van der Waals surface area contributed by atoms with Crippen LogP contribution in [0.4, 0.5) is 0 Å². The SMILES string of the molecule is NCCNCC(=O)C(=O)O. The molecule has 0 rings (SSSR count). The largest absolute Gasteiger partial charge is 0.475 e. The van der Waals surface area contributed by atoms with E-state index in [-0.39, 0.29) is 6.54 Å². The Hall–Kier alpha value is -0.940. The van der Waals surface area contributed by atoms with E-state index in [9.17, 15) is 9.59 Å². The van der Waals surface area contributed by atoms with E-state index in [1.54, 1.807) is 0 Å². The lowest BCUT2D eigenvalue weighted by atomic mass is 10.4. The first kappa shape index (κ1) is 9.06. The smallest absolute Gasteiger partial charge is 0.373 e. The van der Waals surface area contributed by atoms with Crippen LogP contribution in [0.1, 0.15) is 0 Å². The van der Waals surface area contributed by atoms with Gasteiger partial charge in [-0.1, -0.05) is 0 Å². The molecule has 5 heteroatoms. The van der Waals surface area contributed by atoms with E-state index < -0.39 is 11.8 Å². The van der Waals surface area contributed by atoms with E-state index in [4.69, 9.17) is 10.8 Å². The van der Waals surface area contributed by atoms with Gasteiger partial charge >= 0.3 is 5.97 Å². The molecular formula is C5H10N2O3. The first-order chi connectivity index (χ1) is 4.68. The number of nitrogens with two attached hydrogens (primary N) is 1. The zero-order valence-electron chi connectivity index (χ0n) is 5.46. The summed E-state index contributed by atoms with van der Waals surface area (Å²) >= 11 is 0. The monoisotopic (exact) mass is 146 g/mol. The average Bonchev–Trinajstić information content (AvgIpc) is 1.88. The minimum atomic E-state index is -1.41. The Morgan fingerprint density at radius 3 is 2.50 bits per heavy atom. The number of hydrogen-bond acceptors (Lipinski definition) is 4. The van der Waals surface area contributed by atoms with Crippen molar-refractivity contribution in [3.05, 3.63) is 0 Å². The number of rotatable bonds is 5. The third-order valence-electron chi connectivity index (χ3n) is 0.845. The number of aliphatic carboxylic acids is 1. The van der Waals surface area contributed by atoms with Crippen LogP contribution in [0.2, 0.25) is 0 Å². The van der Waals surface area contributed by atoms with Gasteiger partial charge in [0.05, 0.1) is 6.54 Å². The highest BCUT2D eigenvalue weighted by Crippen LogP contribution is 1.67. The van der Waals surface area contributed by atoms with Crippen molar-refractivity contribution in [1.82, 2.24) is 5.32 Å². The van der Waals surface area contributed by atoms with Gasteiger partial charge in [0.15, 0.2) is 0 Å². The van der Waals surface area contributed by atoms with Crippen LogP contribution < -0.4 is 11.1 Å². The molecule has 4 N–H and O–H groups in total. The third-order valence-corrected chi connectivity index (χ3v) is 0.845. The van der Waals surface area contributed by atoms with E-state index >= 15 is 0 Å².